The number of nitrogens with two attached hydrogens (primary N) is 1. The maximum absolute atomic E-state index is 14.0. The van der Waals surface area contributed by atoms with Crippen LogP contribution in [-0.4, -0.2) is 79.3 Å². The summed E-state index contributed by atoms with van der Waals surface area (Å²) in [5.41, 5.74) is 5.13. The average molecular weight is 625 g/mol. The fourth-order valence-electron chi connectivity index (χ4n) is 4.38. The number of ether oxygens (including phenoxy) is 4. The van der Waals surface area contributed by atoms with Crippen LogP contribution < -0.4 is 15.6 Å². The Bertz CT molecular complexity index is 1470. The van der Waals surface area contributed by atoms with Crippen LogP contribution in [0, 0.1) is 0 Å². The second-order valence-electron chi connectivity index (χ2n) is 10.7. The van der Waals surface area contributed by atoms with Crippen LogP contribution in [0.2, 0.25) is 0 Å². The van der Waals surface area contributed by atoms with Gasteiger partial charge >= 0.3 is 13.9 Å². The molecule has 43 heavy (non-hydrogen) atoms. The van der Waals surface area contributed by atoms with Crippen LogP contribution in [0.5, 0.6) is 5.88 Å². The van der Waals surface area contributed by atoms with Crippen LogP contribution >= 0.6 is 7.75 Å². The third kappa shape index (κ3) is 7.59. The van der Waals surface area contributed by atoms with Gasteiger partial charge in [0.2, 0.25) is 17.6 Å². The minimum absolute atomic E-state index is 0.0586. The van der Waals surface area contributed by atoms with Gasteiger partial charge in [-0.1, -0.05) is 30.3 Å². The molecule has 3 heterocycles. The number of carbonyl (C=O) groups excluding carboxylic acids is 1. The van der Waals surface area contributed by atoms with E-state index in [1.807, 2.05) is 6.07 Å². The number of nitrogens with zero attached hydrogens (tertiary/aromatic N) is 4. The molecule has 1 aliphatic heterocycles. The number of methoxy groups -OCH3 is 1. The molecule has 0 spiro atoms. The summed E-state index contributed by atoms with van der Waals surface area (Å²) < 4.78 is 48.2. The summed E-state index contributed by atoms with van der Waals surface area (Å²) in [6.07, 6.45) is -4.10. The highest BCUT2D eigenvalue weighted by Crippen LogP contribution is 2.50. The van der Waals surface area contributed by atoms with E-state index in [1.165, 1.54) is 38.8 Å². The van der Waals surface area contributed by atoms with Gasteiger partial charge in [0.15, 0.2) is 17.4 Å². The third-order valence-electron chi connectivity index (χ3n) is 6.34. The zero-order valence-corrected chi connectivity index (χ0v) is 25.6. The standard InChI is InChI=1S/C26H37N6O10P/c1-15(2)39-24(34)41-25(3,4)42-43(36,29-12-16-10-8-7-9-11-16)38-13-17-19(33)26(5,35)22(40-17)32-14-28-18-20(32)30-23(27)31-21(18)37-6/h7-11,14-15,17,19,22,33,35H,12-13H2,1-6H3,(H,29,36)(H2,27,30,31)/t17-,19-,22-,26-,43?/m1/s1. The number of hydrogen-bond donors (Lipinski definition) is 4. The Labute approximate surface area is 248 Å². The van der Waals surface area contributed by atoms with E-state index in [1.54, 1.807) is 38.1 Å². The predicted molar refractivity (Wildman–Crippen MR) is 152 cm³/mol. The van der Waals surface area contributed by atoms with Crippen LogP contribution in [0.15, 0.2) is 36.7 Å². The lowest BCUT2D eigenvalue weighted by molar-refractivity contribution is -0.143. The number of aliphatic hydroxyl groups excluding tert-OH is 1. The zero-order chi connectivity index (χ0) is 31.6. The van der Waals surface area contributed by atoms with Crippen molar-refractivity contribution in [3.05, 3.63) is 42.2 Å². The summed E-state index contributed by atoms with van der Waals surface area (Å²) >= 11 is 0. The summed E-state index contributed by atoms with van der Waals surface area (Å²) in [5, 5.41) is 25.1. The van der Waals surface area contributed by atoms with Gasteiger partial charge in [0, 0.05) is 20.4 Å². The van der Waals surface area contributed by atoms with E-state index < -0.39 is 56.4 Å². The molecule has 5 atom stereocenters. The number of aromatic nitrogens is 4. The van der Waals surface area contributed by atoms with E-state index in [0.29, 0.717) is 0 Å². The summed E-state index contributed by atoms with van der Waals surface area (Å²) in [4.78, 5) is 24.5. The van der Waals surface area contributed by atoms with Gasteiger partial charge in [0.25, 0.3) is 0 Å². The first-order valence-corrected chi connectivity index (χ1v) is 14.9. The third-order valence-corrected chi connectivity index (χ3v) is 8.05. The first-order valence-electron chi connectivity index (χ1n) is 13.4. The fraction of sp³-hybridized carbons (Fsp3) is 0.538. The highest BCUT2D eigenvalue weighted by atomic mass is 31.2. The summed E-state index contributed by atoms with van der Waals surface area (Å²) in [6, 6.07) is 9.03. The van der Waals surface area contributed by atoms with Gasteiger partial charge in [-0.3, -0.25) is 13.6 Å². The molecule has 0 amide bonds. The topological polar surface area (TPSA) is 212 Å². The number of nitrogen functional groups attached to an aromatic ring is 1. The fourth-order valence-corrected chi connectivity index (χ4v) is 5.93. The number of benzene rings is 1. The van der Waals surface area contributed by atoms with E-state index in [9.17, 15) is 19.6 Å². The molecule has 16 nitrogen and oxygen atoms in total. The Hall–Kier alpha value is -3.37. The Balaban J connectivity index is 1.54. The van der Waals surface area contributed by atoms with E-state index in [0.717, 1.165) is 5.56 Å². The lowest BCUT2D eigenvalue weighted by atomic mass is 9.96. The molecule has 1 unspecified atom stereocenters. The van der Waals surface area contributed by atoms with Crippen LogP contribution in [0.4, 0.5) is 10.7 Å². The molecule has 1 saturated heterocycles. The van der Waals surface area contributed by atoms with Crippen molar-refractivity contribution in [1.29, 1.82) is 0 Å². The monoisotopic (exact) mass is 624 g/mol. The molecule has 236 valence electrons. The van der Waals surface area contributed by atoms with Gasteiger partial charge in [0.1, 0.15) is 17.8 Å². The predicted octanol–water partition coefficient (Wildman–Crippen LogP) is 2.66. The van der Waals surface area contributed by atoms with Gasteiger partial charge in [-0.25, -0.2) is 19.4 Å². The number of carbonyl (C=O) groups is 1. The minimum Gasteiger partial charge on any atom is -0.479 e. The molecule has 17 heteroatoms. The average Bonchev–Trinajstić information content (AvgIpc) is 3.42. The molecule has 1 aliphatic rings. The Kier molecular flexibility index (Phi) is 9.61. The lowest BCUT2D eigenvalue weighted by Crippen LogP contribution is -2.44. The number of imidazole rings is 1. The lowest BCUT2D eigenvalue weighted by Gasteiger charge is -2.30. The van der Waals surface area contributed by atoms with Crippen LogP contribution in [0.25, 0.3) is 11.2 Å². The number of hydrogen-bond acceptors (Lipinski definition) is 14. The second kappa shape index (κ2) is 12.7. The Morgan fingerprint density at radius 3 is 2.63 bits per heavy atom. The molecule has 1 fully saturated rings. The number of anilines is 1. The molecule has 0 radical (unpaired) electrons. The second-order valence-corrected chi connectivity index (χ2v) is 12.5. The van der Waals surface area contributed by atoms with E-state index in [4.69, 9.17) is 33.7 Å². The van der Waals surface area contributed by atoms with E-state index >= 15 is 0 Å². The van der Waals surface area contributed by atoms with Crippen molar-refractivity contribution in [3.63, 3.8) is 0 Å². The van der Waals surface area contributed by atoms with Gasteiger partial charge in [-0.2, -0.15) is 9.97 Å². The van der Waals surface area contributed by atoms with Crippen molar-refractivity contribution in [2.45, 2.75) is 77.1 Å². The van der Waals surface area contributed by atoms with Gasteiger partial charge in [0.05, 0.1) is 26.1 Å². The highest BCUT2D eigenvalue weighted by Gasteiger charge is 2.54. The number of fused-ring (bicyclic) bond motifs is 1. The molecule has 0 bridgehead atoms. The highest BCUT2D eigenvalue weighted by molar-refractivity contribution is 7.51. The molecular formula is C26H37N6O10P. The molecule has 5 N–H and O–H groups in total. The molecule has 0 saturated carbocycles. The van der Waals surface area contributed by atoms with Gasteiger partial charge < -0.3 is 34.9 Å². The maximum Gasteiger partial charge on any atom is 0.511 e. The van der Waals surface area contributed by atoms with Gasteiger partial charge in [-0.05, 0) is 26.3 Å². The molecular weight excluding hydrogens is 587 g/mol. The summed E-state index contributed by atoms with van der Waals surface area (Å²) in [6.45, 7) is 6.92. The molecule has 4 rings (SSSR count). The van der Waals surface area contributed by atoms with Crippen molar-refractivity contribution >= 4 is 31.0 Å². The molecule has 0 aliphatic carbocycles. The quantitative estimate of drug-likeness (QED) is 0.130. The first-order chi connectivity index (χ1) is 20.1. The van der Waals surface area contributed by atoms with E-state index in [-0.39, 0.29) is 29.5 Å². The van der Waals surface area contributed by atoms with Gasteiger partial charge in [-0.15, -0.1) is 0 Å². The molecule has 1 aromatic carbocycles. The van der Waals surface area contributed by atoms with E-state index in [2.05, 4.69) is 20.0 Å². The van der Waals surface area contributed by atoms with Crippen molar-refractivity contribution in [2.24, 2.45) is 0 Å². The maximum atomic E-state index is 14.0. The Morgan fingerprint density at radius 2 is 1.98 bits per heavy atom. The SMILES string of the molecule is COc1nc(N)nc2c1ncn2[C@@H]1O[C@H](COP(=O)(NCc2ccccc2)OC(C)(C)OC(=O)OC(C)C)[C@@H](O)[C@@]1(C)O. The van der Waals surface area contributed by atoms with Crippen molar-refractivity contribution in [1.82, 2.24) is 24.6 Å². The summed E-state index contributed by atoms with van der Waals surface area (Å²) in [7, 11) is -2.89. The van der Waals surface area contributed by atoms with Crippen LogP contribution in [0.1, 0.15) is 46.4 Å². The van der Waals surface area contributed by atoms with Crippen LogP contribution in [-0.2, 0) is 34.4 Å². The first kappa shape index (κ1) is 32.5. The van der Waals surface area contributed by atoms with Crippen LogP contribution in [0.3, 0.4) is 0 Å². The summed E-state index contributed by atoms with van der Waals surface area (Å²) in [5.74, 6) is -1.75. The smallest absolute Gasteiger partial charge is 0.479 e. The molecule has 2 aromatic heterocycles. The largest absolute Gasteiger partial charge is 0.511 e. The number of aliphatic hydroxyl groups is 2. The van der Waals surface area contributed by atoms with Crippen molar-refractivity contribution in [2.75, 3.05) is 19.5 Å². The Morgan fingerprint density at radius 1 is 1.28 bits per heavy atom. The molecule has 3 aromatic rings. The normalized spacial score (nSPS) is 23.8. The van der Waals surface area contributed by atoms with Crippen molar-refractivity contribution in [3.8, 4) is 5.88 Å². The number of nitrogens with one attached hydrogen (secondary N) is 1. The minimum atomic E-state index is -4.28. The zero-order valence-electron chi connectivity index (χ0n) is 24.7. The number of rotatable bonds is 12. The van der Waals surface area contributed by atoms with Crippen molar-refractivity contribution < 1.29 is 47.6 Å².